The lowest BCUT2D eigenvalue weighted by Gasteiger charge is -2.12. The minimum Gasteiger partial charge on any atom is -0.497 e. The monoisotopic (exact) mass is 384 g/mol. The molecule has 0 unspecified atom stereocenters. The molecule has 0 aliphatic carbocycles. The fourth-order valence-corrected chi connectivity index (χ4v) is 2.87. The molecule has 0 aliphatic heterocycles. The third-order valence-electron chi connectivity index (χ3n) is 4.46. The second-order valence-electron chi connectivity index (χ2n) is 6.13. The van der Waals surface area contributed by atoms with Crippen LogP contribution < -0.4 is 26.0 Å². The fourth-order valence-electron chi connectivity index (χ4n) is 2.87. The molecule has 146 valence electrons. The van der Waals surface area contributed by atoms with Crippen molar-refractivity contribution in [1.82, 2.24) is 19.4 Å². The number of nitrogens with zero attached hydrogens (tertiary/aromatic N) is 3. The summed E-state index contributed by atoms with van der Waals surface area (Å²) in [7, 11) is 5.99. The molecule has 1 aromatic carbocycles. The van der Waals surface area contributed by atoms with E-state index in [0.717, 1.165) is 10.1 Å². The summed E-state index contributed by atoms with van der Waals surface area (Å²) in [6.07, 6.45) is 0. The summed E-state index contributed by atoms with van der Waals surface area (Å²) in [4.78, 5) is 41.0. The van der Waals surface area contributed by atoms with Gasteiger partial charge in [0.25, 0.3) is 11.5 Å². The van der Waals surface area contributed by atoms with Gasteiger partial charge in [-0.3, -0.25) is 18.7 Å². The zero-order chi connectivity index (χ0) is 20.4. The Morgan fingerprint density at radius 2 is 1.82 bits per heavy atom. The predicted octanol–water partition coefficient (Wildman–Crippen LogP) is 0.579. The highest BCUT2D eigenvalue weighted by molar-refractivity contribution is 5.94. The Kier molecular flexibility index (Phi) is 5.16. The summed E-state index contributed by atoms with van der Waals surface area (Å²) in [5.74, 6) is 0.804. The molecule has 0 aliphatic rings. The molecule has 3 rings (SSSR count). The van der Waals surface area contributed by atoms with Crippen molar-refractivity contribution in [3.05, 3.63) is 62.4 Å². The smallest absolute Gasteiger partial charge is 0.332 e. The number of aromatic nitrogens is 3. The van der Waals surface area contributed by atoms with Gasteiger partial charge in [0.2, 0.25) is 0 Å². The molecule has 9 nitrogen and oxygen atoms in total. The van der Waals surface area contributed by atoms with Crippen LogP contribution in [0, 0.1) is 0 Å². The molecule has 0 bridgehead atoms. The van der Waals surface area contributed by atoms with Crippen molar-refractivity contribution in [2.24, 2.45) is 14.1 Å². The molecule has 2 aromatic heterocycles. The molecule has 0 fully saturated rings. The van der Waals surface area contributed by atoms with Crippen molar-refractivity contribution in [3.63, 3.8) is 0 Å². The maximum absolute atomic E-state index is 12.5. The van der Waals surface area contributed by atoms with Crippen LogP contribution in [0.3, 0.4) is 0 Å². The maximum atomic E-state index is 12.5. The summed E-state index contributed by atoms with van der Waals surface area (Å²) in [6, 6.07) is 8.22. The van der Waals surface area contributed by atoms with Gasteiger partial charge in [-0.15, -0.1) is 0 Å². The molecule has 2 heterocycles. The van der Waals surface area contributed by atoms with Crippen LogP contribution in [0.1, 0.15) is 16.1 Å². The minimum absolute atomic E-state index is 0.0950. The number of carbonyl (C=O) groups excluding carboxylic acids is 1. The van der Waals surface area contributed by atoms with E-state index in [-0.39, 0.29) is 23.3 Å². The van der Waals surface area contributed by atoms with Gasteiger partial charge in [0.15, 0.2) is 0 Å². The van der Waals surface area contributed by atoms with Gasteiger partial charge in [0.1, 0.15) is 22.8 Å². The Bertz CT molecular complexity index is 1180. The van der Waals surface area contributed by atoms with Crippen LogP contribution in [-0.4, -0.2) is 34.2 Å². The summed E-state index contributed by atoms with van der Waals surface area (Å²) < 4.78 is 12.7. The molecule has 1 N–H and O–H groups in total. The number of ether oxygens (including phenoxy) is 2. The second-order valence-corrected chi connectivity index (χ2v) is 6.13. The van der Waals surface area contributed by atoms with E-state index in [4.69, 9.17) is 9.47 Å². The Labute approximate surface area is 160 Å². The Morgan fingerprint density at radius 3 is 2.50 bits per heavy atom. The second kappa shape index (κ2) is 7.55. The van der Waals surface area contributed by atoms with Crippen molar-refractivity contribution in [1.29, 1.82) is 0 Å². The molecule has 3 aromatic rings. The highest BCUT2D eigenvalue weighted by Gasteiger charge is 2.14. The van der Waals surface area contributed by atoms with E-state index in [9.17, 15) is 14.4 Å². The van der Waals surface area contributed by atoms with E-state index in [1.54, 1.807) is 32.4 Å². The van der Waals surface area contributed by atoms with Gasteiger partial charge in [-0.2, -0.15) is 0 Å². The summed E-state index contributed by atoms with van der Waals surface area (Å²) in [5, 5.41) is 3.02. The van der Waals surface area contributed by atoms with Crippen LogP contribution in [0.5, 0.6) is 11.5 Å². The van der Waals surface area contributed by atoms with Crippen LogP contribution >= 0.6 is 0 Å². The van der Waals surface area contributed by atoms with E-state index in [1.807, 2.05) is 0 Å². The molecule has 1 amide bonds. The van der Waals surface area contributed by atoms with Gasteiger partial charge >= 0.3 is 5.69 Å². The third-order valence-corrected chi connectivity index (χ3v) is 4.46. The number of rotatable bonds is 5. The van der Waals surface area contributed by atoms with Gasteiger partial charge in [-0.05, 0) is 30.3 Å². The zero-order valence-corrected chi connectivity index (χ0v) is 16.0. The first-order chi connectivity index (χ1) is 13.4. The molecule has 9 heteroatoms. The first-order valence-electron chi connectivity index (χ1n) is 8.43. The van der Waals surface area contributed by atoms with Gasteiger partial charge in [-0.25, -0.2) is 9.78 Å². The van der Waals surface area contributed by atoms with Crippen LogP contribution in [0.15, 0.2) is 39.9 Å². The first kappa shape index (κ1) is 19.2. The largest absolute Gasteiger partial charge is 0.497 e. The highest BCUT2D eigenvalue weighted by Crippen LogP contribution is 2.23. The number of methoxy groups -OCH3 is 2. The topological polar surface area (TPSA) is 104 Å². The van der Waals surface area contributed by atoms with Crippen molar-refractivity contribution in [3.8, 4) is 11.5 Å². The van der Waals surface area contributed by atoms with E-state index < -0.39 is 17.2 Å². The lowest BCUT2D eigenvalue weighted by molar-refractivity contribution is 0.0946. The standard InChI is InChI=1S/C19H20N4O5/c1-22-16-13(18(25)23(2)19(22)26)6-7-14(21-16)17(24)20-10-11-9-12(27-3)5-8-15(11)28-4/h5-9H,10H2,1-4H3,(H,20,24). The van der Waals surface area contributed by atoms with Gasteiger partial charge in [0.05, 0.1) is 19.6 Å². The lowest BCUT2D eigenvalue weighted by Crippen LogP contribution is -2.37. The molecule has 0 radical (unpaired) electrons. The van der Waals surface area contributed by atoms with Crippen molar-refractivity contribution < 1.29 is 14.3 Å². The van der Waals surface area contributed by atoms with Crippen LogP contribution in [0.2, 0.25) is 0 Å². The number of aryl methyl sites for hydroxylation is 1. The molecule has 0 spiro atoms. The fraction of sp³-hybridized carbons (Fsp3) is 0.263. The number of amides is 1. The molecular formula is C19H20N4O5. The van der Waals surface area contributed by atoms with Crippen molar-refractivity contribution in [2.75, 3.05) is 14.2 Å². The molecule has 28 heavy (non-hydrogen) atoms. The lowest BCUT2D eigenvalue weighted by atomic mass is 10.2. The number of pyridine rings is 1. The predicted molar refractivity (Wildman–Crippen MR) is 103 cm³/mol. The normalized spacial score (nSPS) is 10.7. The van der Waals surface area contributed by atoms with Gasteiger partial charge < -0.3 is 14.8 Å². The number of fused-ring (bicyclic) bond motifs is 1. The highest BCUT2D eigenvalue weighted by atomic mass is 16.5. The Hall–Kier alpha value is -3.62. The van der Waals surface area contributed by atoms with E-state index >= 15 is 0 Å². The van der Waals surface area contributed by atoms with Crippen LogP contribution in [0.25, 0.3) is 11.0 Å². The third kappa shape index (κ3) is 3.34. The zero-order valence-electron chi connectivity index (χ0n) is 16.0. The van der Waals surface area contributed by atoms with E-state index in [2.05, 4.69) is 10.3 Å². The SMILES string of the molecule is COc1ccc(OC)c(CNC(=O)c2ccc3c(=O)n(C)c(=O)n(C)c3n2)c1. The summed E-state index contributed by atoms with van der Waals surface area (Å²) in [6.45, 7) is 0.189. The summed E-state index contributed by atoms with van der Waals surface area (Å²) >= 11 is 0. The van der Waals surface area contributed by atoms with Crippen molar-refractivity contribution >= 4 is 16.9 Å². The van der Waals surface area contributed by atoms with Gasteiger partial charge in [-0.1, -0.05) is 0 Å². The number of hydrogen-bond donors (Lipinski definition) is 1. The van der Waals surface area contributed by atoms with Crippen LogP contribution in [-0.2, 0) is 20.6 Å². The Balaban J connectivity index is 1.91. The van der Waals surface area contributed by atoms with Crippen molar-refractivity contribution in [2.45, 2.75) is 6.54 Å². The first-order valence-corrected chi connectivity index (χ1v) is 8.43. The van der Waals surface area contributed by atoms with E-state index in [0.29, 0.717) is 11.5 Å². The number of carbonyl (C=O) groups is 1. The number of hydrogen-bond acceptors (Lipinski definition) is 6. The minimum atomic E-state index is -0.510. The molecule has 0 saturated carbocycles. The summed E-state index contributed by atoms with van der Waals surface area (Å²) in [5.41, 5.74) is 0.0111. The Morgan fingerprint density at radius 1 is 1.07 bits per heavy atom. The van der Waals surface area contributed by atoms with Gasteiger partial charge in [0, 0.05) is 26.2 Å². The number of nitrogens with one attached hydrogen (secondary N) is 1. The average molecular weight is 384 g/mol. The molecular weight excluding hydrogens is 364 g/mol. The van der Waals surface area contributed by atoms with E-state index in [1.165, 1.54) is 30.8 Å². The number of benzene rings is 1. The quantitative estimate of drug-likeness (QED) is 0.690. The molecule has 0 saturated heterocycles. The maximum Gasteiger partial charge on any atom is 0.332 e. The average Bonchev–Trinajstić information content (AvgIpc) is 2.73. The van der Waals surface area contributed by atoms with Crippen LogP contribution in [0.4, 0.5) is 0 Å². The molecule has 0 atom stereocenters.